The second-order valence-electron chi connectivity index (χ2n) is 3.26. The van der Waals surface area contributed by atoms with Crippen LogP contribution in [0.25, 0.3) is 0 Å². The molecule has 1 saturated heterocycles. The average Bonchev–Trinajstić information content (AvgIpc) is 2.10. The monoisotopic (exact) mass is 185 g/mol. The number of hydrogen-bond acceptors (Lipinski definition) is 3. The molecule has 1 aliphatic rings. The maximum atomic E-state index is 11.2. The third kappa shape index (κ3) is 2.44. The molecule has 0 radical (unpaired) electrons. The molecule has 0 bridgehead atoms. The fourth-order valence-electron chi connectivity index (χ4n) is 1.40. The first kappa shape index (κ1) is 10.0. The third-order valence-electron chi connectivity index (χ3n) is 2.20. The summed E-state index contributed by atoms with van der Waals surface area (Å²) >= 11 is 0. The highest BCUT2D eigenvalue weighted by Crippen LogP contribution is 2.12. The minimum absolute atomic E-state index is 0.0434. The number of ether oxygens (including phenoxy) is 1. The zero-order valence-electron chi connectivity index (χ0n) is 8.08. The lowest BCUT2D eigenvalue weighted by atomic mass is 9.99. The van der Waals surface area contributed by atoms with Gasteiger partial charge in [0.1, 0.15) is 5.78 Å². The number of carbonyl (C=O) groups is 2. The topological polar surface area (TPSA) is 46.6 Å². The van der Waals surface area contributed by atoms with Crippen LogP contribution in [-0.4, -0.2) is 36.5 Å². The molecule has 1 aliphatic heterocycles. The summed E-state index contributed by atoms with van der Waals surface area (Å²) < 4.78 is 4.84. The fraction of sp³-hybridized carbons (Fsp3) is 0.778. The minimum atomic E-state index is -0.304. The van der Waals surface area contributed by atoms with Crippen molar-refractivity contribution >= 4 is 11.9 Å². The van der Waals surface area contributed by atoms with Crippen molar-refractivity contribution < 1.29 is 14.3 Å². The van der Waals surface area contributed by atoms with Gasteiger partial charge in [-0.15, -0.1) is 0 Å². The van der Waals surface area contributed by atoms with Crippen LogP contribution in [0.3, 0.4) is 0 Å². The molecule has 74 valence electrons. The number of nitrogens with zero attached hydrogens (tertiary/aromatic N) is 1. The number of amides is 1. The molecule has 1 rings (SSSR count). The molecular formula is C9H15NO3. The van der Waals surface area contributed by atoms with E-state index in [1.54, 1.807) is 11.8 Å². The Labute approximate surface area is 77.8 Å². The van der Waals surface area contributed by atoms with E-state index in [9.17, 15) is 9.59 Å². The average molecular weight is 185 g/mol. The minimum Gasteiger partial charge on any atom is -0.450 e. The van der Waals surface area contributed by atoms with Crippen LogP contribution < -0.4 is 0 Å². The molecule has 0 saturated carbocycles. The first-order valence-corrected chi connectivity index (χ1v) is 4.59. The summed E-state index contributed by atoms with van der Waals surface area (Å²) in [5.41, 5.74) is 0. The number of carbonyl (C=O) groups excluding carboxylic acids is 2. The van der Waals surface area contributed by atoms with Gasteiger partial charge in [0.25, 0.3) is 0 Å². The molecule has 0 aromatic rings. The van der Waals surface area contributed by atoms with Crippen LogP contribution in [-0.2, 0) is 9.53 Å². The lowest BCUT2D eigenvalue weighted by Crippen LogP contribution is -2.43. The highest BCUT2D eigenvalue weighted by Gasteiger charge is 2.27. The van der Waals surface area contributed by atoms with Crippen molar-refractivity contribution in [2.24, 2.45) is 5.92 Å². The summed E-state index contributed by atoms with van der Waals surface area (Å²) in [6, 6.07) is 0. The van der Waals surface area contributed by atoms with E-state index in [1.807, 2.05) is 6.92 Å². The van der Waals surface area contributed by atoms with Gasteiger partial charge < -0.3 is 9.64 Å². The zero-order valence-corrected chi connectivity index (χ0v) is 8.08. The molecule has 13 heavy (non-hydrogen) atoms. The largest absolute Gasteiger partial charge is 0.450 e. The molecule has 1 amide bonds. The first-order valence-electron chi connectivity index (χ1n) is 4.59. The number of hydrogen-bond donors (Lipinski definition) is 0. The molecule has 1 fully saturated rings. The van der Waals surface area contributed by atoms with E-state index in [2.05, 4.69) is 0 Å². The molecule has 0 unspecified atom stereocenters. The smallest absolute Gasteiger partial charge is 0.409 e. The summed E-state index contributed by atoms with van der Waals surface area (Å²) in [5.74, 6) is 0.193. The Kier molecular flexibility index (Phi) is 3.28. The normalized spacial score (nSPS) is 23.1. The number of piperidine rings is 1. The van der Waals surface area contributed by atoms with Gasteiger partial charge in [0.2, 0.25) is 0 Å². The highest BCUT2D eigenvalue weighted by atomic mass is 16.6. The number of rotatable bonds is 1. The summed E-state index contributed by atoms with van der Waals surface area (Å²) in [7, 11) is 0. The fourth-order valence-corrected chi connectivity index (χ4v) is 1.40. The zero-order chi connectivity index (χ0) is 9.84. The quantitative estimate of drug-likeness (QED) is 0.613. The van der Waals surface area contributed by atoms with Crippen molar-refractivity contribution in [2.45, 2.75) is 20.3 Å². The lowest BCUT2D eigenvalue weighted by Gasteiger charge is -2.28. The van der Waals surface area contributed by atoms with Gasteiger partial charge in [-0.25, -0.2) is 4.79 Å². The van der Waals surface area contributed by atoms with E-state index in [0.717, 1.165) is 0 Å². The van der Waals surface area contributed by atoms with Crippen LogP contribution >= 0.6 is 0 Å². The van der Waals surface area contributed by atoms with Crippen LogP contribution in [0.1, 0.15) is 20.3 Å². The van der Waals surface area contributed by atoms with Crippen molar-refractivity contribution in [3.63, 3.8) is 0 Å². The standard InChI is InChI=1S/C9H15NO3/c1-3-13-9(12)10-5-4-8(11)7(2)6-10/h7H,3-6H2,1-2H3/t7-/m0/s1. The van der Waals surface area contributed by atoms with E-state index >= 15 is 0 Å². The predicted molar refractivity (Wildman–Crippen MR) is 47.4 cm³/mol. The molecule has 1 heterocycles. The van der Waals surface area contributed by atoms with Gasteiger partial charge in [-0.2, -0.15) is 0 Å². The molecule has 4 heteroatoms. The molecule has 0 aromatic carbocycles. The number of Topliss-reactive ketones (excluding diaryl/α,β-unsaturated/α-hetero) is 1. The van der Waals surface area contributed by atoms with Gasteiger partial charge in [0.05, 0.1) is 6.61 Å². The van der Waals surface area contributed by atoms with Gasteiger partial charge >= 0.3 is 6.09 Å². The SMILES string of the molecule is CCOC(=O)N1CCC(=O)[C@@H](C)C1. The molecule has 0 spiro atoms. The number of ketones is 1. The second-order valence-corrected chi connectivity index (χ2v) is 3.26. The van der Waals surface area contributed by atoms with Crippen LogP contribution in [0, 0.1) is 5.92 Å². The van der Waals surface area contributed by atoms with Crippen molar-refractivity contribution in [3.8, 4) is 0 Å². The Morgan fingerprint density at radius 1 is 1.69 bits per heavy atom. The Hall–Kier alpha value is -1.06. The summed E-state index contributed by atoms with van der Waals surface area (Å²) in [6.07, 6.45) is 0.154. The summed E-state index contributed by atoms with van der Waals surface area (Å²) in [4.78, 5) is 24.0. The van der Waals surface area contributed by atoms with Gasteiger partial charge in [-0.05, 0) is 6.92 Å². The van der Waals surface area contributed by atoms with Crippen LogP contribution in [0.4, 0.5) is 4.79 Å². The molecule has 0 N–H and O–H groups in total. The molecule has 0 aliphatic carbocycles. The van der Waals surface area contributed by atoms with Gasteiger partial charge in [-0.3, -0.25) is 4.79 Å². The van der Waals surface area contributed by atoms with Gasteiger partial charge in [0.15, 0.2) is 0 Å². The predicted octanol–water partition coefficient (Wildman–Crippen LogP) is 1.05. The van der Waals surface area contributed by atoms with Crippen molar-refractivity contribution in [2.75, 3.05) is 19.7 Å². The second kappa shape index (κ2) is 4.25. The lowest BCUT2D eigenvalue weighted by molar-refractivity contribution is -0.125. The van der Waals surface area contributed by atoms with E-state index in [1.165, 1.54) is 0 Å². The van der Waals surface area contributed by atoms with E-state index in [0.29, 0.717) is 26.1 Å². The van der Waals surface area contributed by atoms with E-state index < -0.39 is 0 Å². The number of likely N-dealkylation sites (tertiary alicyclic amines) is 1. The first-order chi connectivity index (χ1) is 6.15. The van der Waals surface area contributed by atoms with Crippen LogP contribution in [0.2, 0.25) is 0 Å². The maximum absolute atomic E-state index is 11.2. The van der Waals surface area contributed by atoms with Crippen molar-refractivity contribution in [1.82, 2.24) is 4.90 Å². The molecule has 0 aromatic heterocycles. The summed E-state index contributed by atoms with van der Waals surface area (Å²) in [6.45, 7) is 5.00. The third-order valence-corrected chi connectivity index (χ3v) is 2.20. The van der Waals surface area contributed by atoms with Gasteiger partial charge in [0, 0.05) is 25.4 Å². The Balaban J connectivity index is 2.45. The van der Waals surface area contributed by atoms with Crippen molar-refractivity contribution in [1.29, 1.82) is 0 Å². The Bertz CT molecular complexity index is 215. The van der Waals surface area contributed by atoms with Crippen LogP contribution in [0.5, 0.6) is 0 Å². The molecule has 1 atom stereocenters. The molecular weight excluding hydrogens is 170 g/mol. The Morgan fingerprint density at radius 2 is 2.38 bits per heavy atom. The van der Waals surface area contributed by atoms with Gasteiger partial charge in [-0.1, -0.05) is 6.92 Å². The van der Waals surface area contributed by atoms with Crippen LogP contribution in [0.15, 0.2) is 0 Å². The Morgan fingerprint density at radius 3 is 2.92 bits per heavy atom. The highest BCUT2D eigenvalue weighted by molar-refractivity contribution is 5.83. The van der Waals surface area contributed by atoms with E-state index in [-0.39, 0.29) is 17.8 Å². The van der Waals surface area contributed by atoms with E-state index in [4.69, 9.17) is 4.74 Å². The maximum Gasteiger partial charge on any atom is 0.409 e. The van der Waals surface area contributed by atoms with Crippen molar-refractivity contribution in [3.05, 3.63) is 0 Å². The summed E-state index contributed by atoms with van der Waals surface area (Å²) in [5, 5.41) is 0. The molecule has 4 nitrogen and oxygen atoms in total.